The zero-order valence-corrected chi connectivity index (χ0v) is 11.9. The quantitative estimate of drug-likeness (QED) is 0.679. The van der Waals surface area contributed by atoms with E-state index < -0.39 is 0 Å². The van der Waals surface area contributed by atoms with Crippen LogP contribution in [0.4, 0.5) is 0 Å². The molecule has 0 N–H and O–H groups in total. The molecular formula is C17H23Cl. The van der Waals surface area contributed by atoms with E-state index in [1.807, 2.05) is 0 Å². The van der Waals surface area contributed by atoms with Gasteiger partial charge in [0.25, 0.3) is 0 Å². The molecule has 0 aliphatic heterocycles. The van der Waals surface area contributed by atoms with Gasteiger partial charge in [-0.15, -0.1) is 11.6 Å². The number of hydrogen-bond donors (Lipinski definition) is 0. The van der Waals surface area contributed by atoms with E-state index in [1.165, 1.54) is 63.4 Å². The SMILES string of the molecule is ClCC1(Cc2ccc3c(c2)CCC3)CCCCC1. The van der Waals surface area contributed by atoms with Crippen molar-refractivity contribution in [1.82, 2.24) is 0 Å². The van der Waals surface area contributed by atoms with Gasteiger partial charge in [-0.25, -0.2) is 0 Å². The maximum Gasteiger partial charge on any atom is 0.0283 e. The lowest BCUT2D eigenvalue weighted by Crippen LogP contribution is -2.28. The van der Waals surface area contributed by atoms with Crippen LogP contribution in [0.1, 0.15) is 55.2 Å². The van der Waals surface area contributed by atoms with Gasteiger partial charge in [0.15, 0.2) is 0 Å². The summed E-state index contributed by atoms with van der Waals surface area (Å²) in [6.45, 7) is 0. The van der Waals surface area contributed by atoms with Crippen LogP contribution < -0.4 is 0 Å². The summed E-state index contributed by atoms with van der Waals surface area (Å²) in [5, 5.41) is 0. The highest BCUT2D eigenvalue weighted by Crippen LogP contribution is 2.40. The molecule has 0 amide bonds. The molecule has 1 aromatic rings. The molecule has 1 fully saturated rings. The smallest absolute Gasteiger partial charge is 0.0283 e. The summed E-state index contributed by atoms with van der Waals surface area (Å²) >= 11 is 6.30. The van der Waals surface area contributed by atoms with Crippen LogP contribution in [-0.4, -0.2) is 5.88 Å². The summed E-state index contributed by atoms with van der Waals surface area (Å²) in [7, 11) is 0. The summed E-state index contributed by atoms with van der Waals surface area (Å²) in [5.41, 5.74) is 5.11. The van der Waals surface area contributed by atoms with Crippen molar-refractivity contribution in [3.8, 4) is 0 Å². The zero-order valence-electron chi connectivity index (χ0n) is 11.2. The van der Waals surface area contributed by atoms with Crippen molar-refractivity contribution in [2.45, 2.75) is 57.8 Å². The molecule has 1 heteroatoms. The van der Waals surface area contributed by atoms with Gasteiger partial charge >= 0.3 is 0 Å². The van der Waals surface area contributed by atoms with Crippen LogP contribution in [0.5, 0.6) is 0 Å². The first kappa shape index (κ1) is 12.5. The third kappa shape index (κ3) is 2.45. The molecule has 0 radical (unpaired) electrons. The molecule has 98 valence electrons. The molecule has 0 nitrogen and oxygen atoms in total. The normalized spacial score (nSPS) is 21.8. The maximum atomic E-state index is 6.30. The van der Waals surface area contributed by atoms with Gasteiger partial charge in [-0.2, -0.15) is 0 Å². The highest BCUT2D eigenvalue weighted by atomic mass is 35.5. The lowest BCUT2D eigenvalue weighted by molar-refractivity contribution is 0.219. The van der Waals surface area contributed by atoms with Crippen LogP contribution in [0.3, 0.4) is 0 Å². The second-order valence-corrected chi connectivity index (χ2v) is 6.59. The summed E-state index contributed by atoms with van der Waals surface area (Å²) in [5.74, 6) is 0.837. The Balaban J connectivity index is 1.78. The Morgan fingerprint density at radius 2 is 1.72 bits per heavy atom. The van der Waals surface area contributed by atoms with Gasteiger partial charge in [0.1, 0.15) is 0 Å². The Morgan fingerprint density at radius 1 is 0.944 bits per heavy atom. The molecular weight excluding hydrogens is 240 g/mol. The summed E-state index contributed by atoms with van der Waals surface area (Å²) in [6.07, 6.45) is 11.9. The van der Waals surface area contributed by atoms with Gasteiger partial charge in [-0.1, -0.05) is 37.5 Å². The third-order valence-corrected chi connectivity index (χ3v) is 5.51. The fourth-order valence-corrected chi connectivity index (χ4v) is 4.19. The number of benzene rings is 1. The molecule has 0 heterocycles. The average molecular weight is 263 g/mol. The lowest BCUT2D eigenvalue weighted by Gasteiger charge is -2.36. The molecule has 2 aliphatic rings. The van der Waals surface area contributed by atoms with E-state index in [2.05, 4.69) is 18.2 Å². The molecule has 0 aromatic heterocycles. The molecule has 3 rings (SSSR count). The molecule has 0 unspecified atom stereocenters. The van der Waals surface area contributed by atoms with Crippen molar-refractivity contribution in [3.63, 3.8) is 0 Å². The second kappa shape index (κ2) is 5.25. The molecule has 0 spiro atoms. The van der Waals surface area contributed by atoms with Gasteiger partial charge in [0, 0.05) is 5.88 Å². The topological polar surface area (TPSA) is 0 Å². The van der Waals surface area contributed by atoms with Crippen LogP contribution in [-0.2, 0) is 19.3 Å². The molecule has 2 aliphatic carbocycles. The predicted octanol–water partition coefficient (Wildman–Crippen LogP) is 4.91. The fraction of sp³-hybridized carbons (Fsp3) is 0.647. The van der Waals surface area contributed by atoms with Crippen molar-refractivity contribution < 1.29 is 0 Å². The number of halogens is 1. The molecule has 18 heavy (non-hydrogen) atoms. The van der Waals surface area contributed by atoms with Crippen molar-refractivity contribution in [1.29, 1.82) is 0 Å². The van der Waals surface area contributed by atoms with Crippen LogP contribution in [0.15, 0.2) is 18.2 Å². The Labute approximate surface area is 116 Å². The van der Waals surface area contributed by atoms with Crippen LogP contribution in [0.2, 0.25) is 0 Å². The van der Waals surface area contributed by atoms with Gasteiger partial charge in [-0.3, -0.25) is 0 Å². The summed E-state index contributed by atoms with van der Waals surface area (Å²) in [6, 6.07) is 7.18. The Hall–Kier alpha value is -0.490. The highest BCUT2D eigenvalue weighted by Gasteiger charge is 2.31. The van der Waals surface area contributed by atoms with E-state index in [0.717, 1.165) is 5.88 Å². The monoisotopic (exact) mass is 262 g/mol. The number of hydrogen-bond acceptors (Lipinski definition) is 0. The first-order valence-corrected chi connectivity index (χ1v) is 8.01. The maximum absolute atomic E-state index is 6.30. The number of fused-ring (bicyclic) bond motifs is 1. The third-order valence-electron chi connectivity index (χ3n) is 4.94. The molecule has 0 atom stereocenters. The summed E-state index contributed by atoms with van der Waals surface area (Å²) in [4.78, 5) is 0. The minimum Gasteiger partial charge on any atom is -0.126 e. The highest BCUT2D eigenvalue weighted by molar-refractivity contribution is 6.18. The van der Waals surface area contributed by atoms with Crippen molar-refractivity contribution in [3.05, 3.63) is 34.9 Å². The minimum absolute atomic E-state index is 0.395. The van der Waals surface area contributed by atoms with Crippen LogP contribution >= 0.6 is 11.6 Å². The predicted molar refractivity (Wildman–Crippen MR) is 78.4 cm³/mol. The van der Waals surface area contributed by atoms with E-state index in [1.54, 1.807) is 11.1 Å². The molecule has 0 saturated heterocycles. The van der Waals surface area contributed by atoms with E-state index in [9.17, 15) is 0 Å². The molecule has 1 aromatic carbocycles. The van der Waals surface area contributed by atoms with E-state index in [4.69, 9.17) is 11.6 Å². The van der Waals surface area contributed by atoms with Crippen LogP contribution in [0.25, 0.3) is 0 Å². The Morgan fingerprint density at radius 3 is 2.50 bits per heavy atom. The van der Waals surface area contributed by atoms with Crippen molar-refractivity contribution in [2.75, 3.05) is 5.88 Å². The van der Waals surface area contributed by atoms with Gasteiger partial charge in [0.2, 0.25) is 0 Å². The van der Waals surface area contributed by atoms with Crippen molar-refractivity contribution in [2.24, 2.45) is 5.41 Å². The minimum atomic E-state index is 0.395. The van der Waals surface area contributed by atoms with Crippen molar-refractivity contribution >= 4 is 11.6 Å². The largest absolute Gasteiger partial charge is 0.126 e. The first-order chi connectivity index (χ1) is 8.81. The van der Waals surface area contributed by atoms with E-state index in [-0.39, 0.29) is 0 Å². The number of rotatable bonds is 3. The zero-order chi connectivity index (χ0) is 12.4. The van der Waals surface area contributed by atoms with Gasteiger partial charge in [0.05, 0.1) is 0 Å². The van der Waals surface area contributed by atoms with E-state index in [0.29, 0.717) is 5.41 Å². The molecule has 1 saturated carbocycles. The number of aryl methyl sites for hydroxylation is 2. The average Bonchev–Trinajstić information content (AvgIpc) is 2.87. The Kier molecular flexibility index (Phi) is 3.66. The van der Waals surface area contributed by atoms with Gasteiger partial charge in [-0.05, 0) is 60.6 Å². The second-order valence-electron chi connectivity index (χ2n) is 6.33. The fourth-order valence-electron chi connectivity index (χ4n) is 3.83. The standard InChI is InChI=1S/C17H23Cl/c18-13-17(9-2-1-3-10-17)12-14-7-8-15-5-4-6-16(15)11-14/h7-8,11H,1-6,9-10,12-13H2. The van der Waals surface area contributed by atoms with Gasteiger partial charge < -0.3 is 0 Å². The molecule has 0 bridgehead atoms. The van der Waals surface area contributed by atoms with Crippen LogP contribution in [0, 0.1) is 5.41 Å². The lowest BCUT2D eigenvalue weighted by atomic mass is 9.71. The number of alkyl halides is 1. The summed E-state index contributed by atoms with van der Waals surface area (Å²) < 4.78 is 0. The first-order valence-electron chi connectivity index (χ1n) is 7.48. The Bertz CT molecular complexity index is 416. The van der Waals surface area contributed by atoms with E-state index >= 15 is 0 Å².